The van der Waals surface area contributed by atoms with Gasteiger partial charge in [-0.25, -0.2) is 4.39 Å². The van der Waals surface area contributed by atoms with Gasteiger partial charge >= 0.3 is 0 Å². The Kier molecular flexibility index (Phi) is 5.45. The predicted molar refractivity (Wildman–Crippen MR) is 86.8 cm³/mol. The number of benzene rings is 1. The second-order valence-electron chi connectivity index (χ2n) is 6.46. The third-order valence-corrected chi connectivity index (χ3v) is 4.79. The maximum absolute atomic E-state index is 12.9. The van der Waals surface area contributed by atoms with E-state index in [-0.39, 0.29) is 29.6 Å². The monoisotopic (exact) mass is 334 g/mol. The molecule has 2 fully saturated rings. The van der Waals surface area contributed by atoms with Crippen LogP contribution in [0.1, 0.15) is 24.8 Å². The molecular formula is C18H23FN2O3. The molecule has 2 aliphatic rings. The number of carbonyl (C=O) groups is 2. The fraction of sp³-hybridized carbons (Fsp3) is 0.556. The Morgan fingerprint density at radius 2 is 1.96 bits per heavy atom. The van der Waals surface area contributed by atoms with Crippen molar-refractivity contribution in [2.24, 2.45) is 5.92 Å². The summed E-state index contributed by atoms with van der Waals surface area (Å²) in [5, 5.41) is 2.90. The highest BCUT2D eigenvalue weighted by molar-refractivity contribution is 5.89. The summed E-state index contributed by atoms with van der Waals surface area (Å²) in [7, 11) is 0. The molecule has 1 aromatic rings. The second kappa shape index (κ2) is 7.75. The Morgan fingerprint density at radius 3 is 2.67 bits per heavy atom. The van der Waals surface area contributed by atoms with Crippen LogP contribution in [0.25, 0.3) is 0 Å². The van der Waals surface area contributed by atoms with Crippen molar-refractivity contribution in [3.8, 4) is 0 Å². The third-order valence-electron chi connectivity index (χ3n) is 4.79. The highest BCUT2D eigenvalue weighted by Crippen LogP contribution is 2.25. The molecule has 6 heteroatoms. The van der Waals surface area contributed by atoms with Gasteiger partial charge in [0.2, 0.25) is 11.8 Å². The van der Waals surface area contributed by atoms with Crippen LogP contribution in [0, 0.1) is 11.7 Å². The predicted octanol–water partition coefficient (Wildman–Crippen LogP) is 1.51. The Morgan fingerprint density at radius 1 is 1.25 bits per heavy atom. The molecule has 130 valence electrons. The molecule has 2 amide bonds. The van der Waals surface area contributed by atoms with E-state index in [1.807, 2.05) is 4.90 Å². The molecule has 24 heavy (non-hydrogen) atoms. The first-order chi connectivity index (χ1) is 11.6. The minimum absolute atomic E-state index is 0.0694. The van der Waals surface area contributed by atoms with E-state index in [2.05, 4.69) is 5.32 Å². The Balaban J connectivity index is 1.45. The number of hydrogen-bond donors (Lipinski definition) is 1. The van der Waals surface area contributed by atoms with E-state index in [1.54, 1.807) is 12.1 Å². The molecule has 0 saturated carbocycles. The molecule has 0 radical (unpaired) electrons. The number of rotatable bonds is 5. The molecule has 0 aromatic heterocycles. The largest absolute Gasteiger partial charge is 0.381 e. The molecule has 1 unspecified atom stereocenters. The number of likely N-dealkylation sites (tertiary alicyclic amines) is 1. The fourth-order valence-electron chi connectivity index (χ4n) is 3.38. The van der Waals surface area contributed by atoms with Gasteiger partial charge in [-0.2, -0.15) is 0 Å². The zero-order valence-corrected chi connectivity index (χ0v) is 13.7. The van der Waals surface area contributed by atoms with E-state index in [0.29, 0.717) is 39.1 Å². The number of hydrogen-bond acceptors (Lipinski definition) is 3. The molecule has 3 rings (SSSR count). The smallest absolute Gasteiger partial charge is 0.225 e. The number of ether oxygens (including phenoxy) is 1. The van der Waals surface area contributed by atoms with Crippen LogP contribution in [-0.4, -0.2) is 49.1 Å². The van der Waals surface area contributed by atoms with Gasteiger partial charge in [-0.3, -0.25) is 9.59 Å². The van der Waals surface area contributed by atoms with Gasteiger partial charge in [0.15, 0.2) is 0 Å². The number of halogens is 1. The van der Waals surface area contributed by atoms with E-state index in [1.165, 1.54) is 12.1 Å². The van der Waals surface area contributed by atoms with Crippen LogP contribution in [0.5, 0.6) is 0 Å². The van der Waals surface area contributed by atoms with Crippen molar-refractivity contribution in [3.63, 3.8) is 0 Å². The number of nitrogens with zero attached hydrogens (tertiary/aromatic N) is 1. The van der Waals surface area contributed by atoms with Gasteiger partial charge in [0.25, 0.3) is 0 Å². The summed E-state index contributed by atoms with van der Waals surface area (Å²) in [5.41, 5.74) is 0.975. The van der Waals surface area contributed by atoms with Gasteiger partial charge in [0.05, 0.1) is 5.92 Å². The maximum Gasteiger partial charge on any atom is 0.225 e. The van der Waals surface area contributed by atoms with Crippen molar-refractivity contribution in [1.29, 1.82) is 0 Å². The Bertz CT molecular complexity index is 584. The van der Waals surface area contributed by atoms with Crippen LogP contribution < -0.4 is 5.32 Å². The first kappa shape index (κ1) is 16.9. The normalized spacial score (nSPS) is 22.0. The van der Waals surface area contributed by atoms with Gasteiger partial charge in [-0.05, 0) is 37.0 Å². The summed E-state index contributed by atoms with van der Waals surface area (Å²) in [6.45, 7) is 2.37. The lowest BCUT2D eigenvalue weighted by Crippen LogP contribution is -2.41. The number of carbonyl (C=O) groups excluding carboxylic acids is 2. The molecule has 0 spiro atoms. The van der Waals surface area contributed by atoms with Gasteiger partial charge in [-0.15, -0.1) is 0 Å². The molecule has 2 saturated heterocycles. The zero-order valence-electron chi connectivity index (χ0n) is 13.7. The lowest BCUT2D eigenvalue weighted by molar-refractivity contribution is -0.131. The minimum atomic E-state index is -0.270. The van der Waals surface area contributed by atoms with Crippen LogP contribution >= 0.6 is 0 Å². The van der Waals surface area contributed by atoms with E-state index < -0.39 is 0 Å². The van der Waals surface area contributed by atoms with Gasteiger partial charge in [0.1, 0.15) is 5.82 Å². The average molecular weight is 334 g/mol. The topological polar surface area (TPSA) is 58.6 Å². The maximum atomic E-state index is 12.9. The van der Waals surface area contributed by atoms with Crippen LogP contribution in [0.2, 0.25) is 0 Å². The molecule has 1 aromatic carbocycles. The summed E-state index contributed by atoms with van der Waals surface area (Å²) in [5.74, 6) is -0.533. The van der Waals surface area contributed by atoms with E-state index >= 15 is 0 Å². The number of nitrogens with one attached hydrogen (secondary N) is 1. The molecule has 1 N–H and O–H groups in total. The second-order valence-corrected chi connectivity index (χ2v) is 6.46. The molecular weight excluding hydrogens is 311 g/mol. The molecule has 2 aliphatic heterocycles. The first-order valence-corrected chi connectivity index (χ1v) is 8.53. The van der Waals surface area contributed by atoms with Crippen molar-refractivity contribution in [2.45, 2.75) is 31.7 Å². The summed E-state index contributed by atoms with van der Waals surface area (Å²) in [4.78, 5) is 26.3. The van der Waals surface area contributed by atoms with Gasteiger partial charge in [-0.1, -0.05) is 12.1 Å². The quantitative estimate of drug-likeness (QED) is 0.888. The lowest BCUT2D eigenvalue weighted by Gasteiger charge is -2.31. The molecule has 0 bridgehead atoms. The highest BCUT2D eigenvalue weighted by atomic mass is 19.1. The van der Waals surface area contributed by atoms with Crippen molar-refractivity contribution in [1.82, 2.24) is 10.2 Å². The molecule has 5 nitrogen and oxygen atoms in total. The van der Waals surface area contributed by atoms with Gasteiger partial charge in [0, 0.05) is 38.8 Å². The van der Waals surface area contributed by atoms with Crippen LogP contribution in [-0.2, 0) is 20.7 Å². The Hall–Kier alpha value is -1.95. The molecule has 1 atom stereocenters. The van der Waals surface area contributed by atoms with Crippen molar-refractivity contribution >= 4 is 11.8 Å². The summed E-state index contributed by atoms with van der Waals surface area (Å²) < 4.78 is 18.2. The van der Waals surface area contributed by atoms with Crippen molar-refractivity contribution in [3.05, 3.63) is 35.6 Å². The van der Waals surface area contributed by atoms with Crippen LogP contribution in [0.15, 0.2) is 24.3 Å². The van der Waals surface area contributed by atoms with E-state index in [9.17, 15) is 14.0 Å². The van der Waals surface area contributed by atoms with Crippen molar-refractivity contribution in [2.75, 3.05) is 26.3 Å². The average Bonchev–Trinajstić information content (AvgIpc) is 2.99. The fourth-order valence-corrected chi connectivity index (χ4v) is 3.38. The summed E-state index contributed by atoms with van der Waals surface area (Å²) in [6.07, 6.45) is 2.64. The SMILES string of the molecule is O=C(NCCc1ccc(F)cc1)C1CC(=O)N(C2CCOCC2)C1. The highest BCUT2D eigenvalue weighted by Gasteiger charge is 2.38. The van der Waals surface area contributed by atoms with E-state index in [4.69, 9.17) is 4.74 Å². The summed E-state index contributed by atoms with van der Waals surface area (Å²) >= 11 is 0. The number of amides is 2. The van der Waals surface area contributed by atoms with Crippen LogP contribution in [0.3, 0.4) is 0 Å². The third kappa shape index (κ3) is 4.12. The van der Waals surface area contributed by atoms with Crippen molar-refractivity contribution < 1.29 is 18.7 Å². The zero-order chi connectivity index (χ0) is 16.9. The molecule has 0 aliphatic carbocycles. The summed E-state index contributed by atoms with van der Waals surface area (Å²) in [6, 6.07) is 6.47. The lowest BCUT2D eigenvalue weighted by atomic mass is 10.1. The minimum Gasteiger partial charge on any atom is -0.381 e. The standard InChI is InChI=1S/C18H23FN2O3/c19-15-3-1-13(2-4-15)5-8-20-18(23)14-11-17(22)21(12-14)16-6-9-24-10-7-16/h1-4,14,16H,5-12H2,(H,20,23). The van der Waals surface area contributed by atoms with Crippen LogP contribution in [0.4, 0.5) is 4.39 Å². The van der Waals surface area contributed by atoms with Gasteiger partial charge < -0.3 is 15.0 Å². The first-order valence-electron chi connectivity index (χ1n) is 8.53. The molecule has 2 heterocycles. The van der Waals surface area contributed by atoms with E-state index in [0.717, 1.165) is 18.4 Å². The Labute approximate surface area is 141 Å².